The fourth-order valence-corrected chi connectivity index (χ4v) is 8.20. The molecule has 14 heteroatoms. The van der Waals surface area contributed by atoms with Crippen molar-refractivity contribution in [2.75, 3.05) is 19.0 Å². The van der Waals surface area contributed by atoms with Crippen LogP contribution in [0.25, 0.3) is 11.3 Å². The topological polar surface area (TPSA) is 182 Å². The van der Waals surface area contributed by atoms with Gasteiger partial charge in [0.1, 0.15) is 11.6 Å². The lowest BCUT2D eigenvalue weighted by atomic mass is 9.88. The minimum atomic E-state index is -1.74. The molecule has 0 spiro atoms. The van der Waals surface area contributed by atoms with E-state index in [0.29, 0.717) is 34.3 Å². The number of nitrogens with zero attached hydrogens (tertiary/aromatic N) is 4. The number of rotatable bonds is 22. The minimum absolute atomic E-state index is 0.0202. The van der Waals surface area contributed by atoms with Crippen molar-refractivity contribution in [3.8, 4) is 23.0 Å². The van der Waals surface area contributed by atoms with Crippen LogP contribution in [-0.2, 0) is 9.68 Å². The summed E-state index contributed by atoms with van der Waals surface area (Å²) in [5.74, 6) is -1.34. The van der Waals surface area contributed by atoms with Gasteiger partial charge in [0.25, 0.3) is 11.6 Å². The molecule has 1 aliphatic heterocycles. The van der Waals surface area contributed by atoms with Gasteiger partial charge < -0.3 is 24.5 Å². The van der Waals surface area contributed by atoms with Crippen LogP contribution >= 0.6 is 0 Å². The van der Waals surface area contributed by atoms with Crippen LogP contribution in [0.5, 0.6) is 11.6 Å². The van der Waals surface area contributed by atoms with Crippen molar-refractivity contribution in [1.29, 1.82) is 0 Å². The number of amidine groups is 1. The zero-order valence-electron chi connectivity index (χ0n) is 35.1. The molecule has 5 rings (SSSR count). The molecule has 2 heterocycles. The van der Waals surface area contributed by atoms with Gasteiger partial charge in [-0.05, 0) is 55.7 Å². The second-order valence-electron chi connectivity index (χ2n) is 15.9. The summed E-state index contributed by atoms with van der Waals surface area (Å²) in [6, 6.07) is 16.3. The van der Waals surface area contributed by atoms with Crippen LogP contribution in [0.4, 0.5) is 17.1 Å². The lowest BCUT2D eigenvalue weighted by molar-refractivity contribution is -0.385. The van der Waals surface area contributed by atoms with Gasteiger partial charge in [-0.2, -0.15) is 0 Å². The first kappa shape index (κ1) is 44.6. The molecule has 0 fully saturated rings. The SMILES string of the molecule is CCCC(C)CCCCC(CCC(C)CCC)CN1C(C(C(=O)Nc2ccccc2OC)n2c(O)c(-c3ccccc3)oc2=O)=Nc2cc([N+](=O)[O-])c(C)cc2C1OO. The normalized spacial score (nSPS) is 15.8. The number of carbonyl (C=O) groups is 1. The molecule has 1 amide bonds. The smallest absolute Gasteiger partial charge is 0.423 e. The molecule has 0 bridgehead atoms. The summed E-state index contributed by atoms with van der Waals surface area (Å²) >= 11 is 0. The molecule has 0 saturated carbocycles. The Hall–Kier alpha value is -5.47. The van der Waals surface area contributed by atoms with E-state index in [1.165, 1.54) is 19.6 Å². The van der Waals surface area contributed by atoms with Crippen LogP contribution < -0.4 is 15.8 Å². The Balaban J connectivity index is 1.70. The highest BCUT2D eigenvalue weighted by Crippen LogP contribution is 2.43. The number of nitrogens with one attached hydrogen (secondary N) is 1. The second kappa shape index (κ2) is 21.0. The summed E-state index contributed by atoms with van der Waals surface area (Å²) in [5.41, 5.74) is 1.14. The molecule has 1 aromatic heterocycles. The Labute approximate surface area is 346 Å². The lowest BCUT2D eigenvalue weighted by Gasteiger charge is -2.40. The number of methoxy groups -OCH3 is 1. The van der Waals surface area contributed by atoms with Gasteiger partial charge in [0, 0.05) is 29.3 Å². The van der Waals surface area contributed by atoms with E-state index in [-0.39, 0.29) is 41.1 Å². The van der Waals surface area contributed by atoms with E-state index in [4.69, 9.17) is 19.0 Å². The molecule has 318 valence electrons. The number of fused-ring (bicyclic) bond motifs is 1. The van der Waals surface area contributed by atoms with Gasteiger partial charge in [-0.25, -0.2) is 24.5 Å². The van der Waals surface area contributed by atoms with Crippen molar-refractivity contribution in [3.05, 3.63) is 98.5 Å². The van der Waals surface area contributed by atoms with Gasteiger partial charge in [0.2, 0.25) is 5.88 Å². The standard InChI is InChI=1S/C45H59N5O9/c1-7-16-29(3)18-12-13-19-32(25-24-30(4)17-8-2)28-48-41(46-36-27-37(50(54)55)31(5)26-34(36)44(48)59-56)39(42(51)47-35-22-14-15-23-38(35)57-6)49-43(52)40(58-45(49)53)33-20-10-9-11-21-33/h9-11,14-15,20-23,26-27,29-30,32,39,44,52,56H,7-8,12-13,16-19,24-25,28H2,1-6H3,(H,47,51). The summed E-state index contributed by atoms with van der Waals surface area (Å²) in [6.45, 7) is 10.7. The third kappa shape index (κ3) is 10.8. The maximum atomic E-state index is 14.9. The molecule has 0 aliphatic carbocycles. The van der Waals surface area contributed by atoms with Gasteiger partial charge in [-0.15, -0.1) is 0 Å². The number of benzene rings is 3. The molecule has 5 atom stereocenters. The maximum Gasteiger partial charge on any atom is 0.423 e. The quantitative estimate of drug-likeness (QED) is 0.0299. The number of para-hydroxylation sites is 2. The maximum absolute atomic E-state index is 14.9. The summed E-state index contributed by atoms with van der Waals surface area (Å²) in [7, 11) is 1.45. The van der Waals surface area contributed by atoms with Crippen LogP contribution in [0, 0.1) is 34.8 Å². The summed E-state index contributed by atoms with van der Waals surface area (Å²) in [4.78, 5) is 52.4. The van der Waals surface area contributed by atoms with E-state index in [9.17, 15) is 30.1 Å². The van der Waals surface area contributed by atoms with Gasteiger partial charge in [-0.1, -0.05) is 122 Å². The van der Waals surface area contributed by atoms with Crippen LogP contribution in [0.2, 0.25) is 0 Å². The highest BCUT2D eigenvalue weighted by molar-refractivity contribution is 6.12. The first-order chi connectivity index (χ1) is 28.4. The average molecular weight is 814 g/mol. The minimum Gasteiger partial charge on any atom is -0.495 e. The number of anilines is 1. The molecule has 4 aromatic rings. The van der Waals surface area contributed by atoms with Crippen molar-refractivity contribution in [2.45, 2.75) is 111 Å². The number of aryl methyl sites for hydroxylation is 1. The fourth-order valence-electron chi connectivity index (χ4n) is 8.20. The Bertz CT molecular complexity index is 2110. The Morgan fingerprint density at radius 2 is 1.63 bits per heavy atom. The second-order valence-corrected chi connectivity index (χ2v) is 15.9. The lowest BCUT2D eigenvalue weighted by Crippen LogP contribution is -2.49. The molecule has 5 unspecified atom stereocenters. The number of aromatic nitrogens is 1. The molecule has 0 radical (unpaired) electrons. The number of hydrogen-bond donors (Lipinski definition) is 3. The molecule has 59 heavy (non-hydrogen) atoms. The molecule has 0 saturated heterocycles. The molecule has 1 aliphatic rings. The largest absolute Gasteiger partial charge is 0.495 e. The Kier molecular flexibility index (Phi) is 15.9. The number of nitro benzene ring substituents is 1. The molecule has 3 aromatic carbocycles. The molecule has 3 N–H and O–H groups in total. The van der Waals surface area contributed by atoms with E-state index in [2.05, 4.69) is 33.0 Å². The van der Waals surface area contributed by atoms with Crippen LogP contribution in [0.15, 0.2) is 80.9 Å². The Morgan fingerprint density at radius 3 is 2.29 bits per heavy atom. The number of nitro groups is 1. The number of carbonyl (C=O) groups excluding carboxylic acids is 1. The Morgan fingerprint density at radius 1 is 0.966 bits per heavy atom. The number of hydrogen-bond acceptors (Lipinski definition) is 11. The average Bonchev–Trinajstić information content (AvgIpc) is 3.51. The molecular formula is C45H59N5O9. The number of unbranched alkanes of at least 4 members (excludes halogenated alkanes) is 1. The summed E-state index contributed by atoms with van der Waals surface area (Å²) in [5, 5.41) is 37.7. The fraction of sp³-hybridized carbons (Fsp3) is 0.489. The number of oxazole rings is 1. The third-order valence-electron chi connectivity index (χ3n) is 11.3. The number of amides is 1. The van der Waals surface area contributed by atoms with Crippen molar-refractivity contribution in [1.82, 2.24) is 9.47 Å². The van der Waals surface area contributed by atoms with Gasteiger partial charge in [0.15, 0.2) is 18.0 Å². The number of aliphatic imine (C=N–C) groups is 1. The van der Waals surface area contributed by atoms with E-state index in [0.717, 1.165) is 62.4 Å². The molecule has 14 nitrogen and oxygen atoms in total. The molecular weight excluding hydrogens is 755 g/mol. The van der Waals surface area contributed by atoms with Crippen LogP contribution in [-0.4, -0.2) is 50.2 Å². The zero-order valence-corrected chi connectivity index (χ0v) is 35.1. The number of ether oxygens (including phenoxy) is 1. The van der Waals surface area contributed by atoms with Gasteiger partial charge in [-0.3, -0.25) is 14.9 Å². The third-order valence-corrected chi connectivity index (χ3v) is 11.3. The number of aromatic hydroxyl groups is 1. The van der Waals surface area contributed by atoms with Crippen molar-refractivity contribution in [2.24, 2.45) is 22.7 Å². The van der Waals surface area contributed by atoms with Gasteiger partial charge >= 0.3 is 5.76 Å². The van der Waals surface area contributed by atoms with E-state index >= 15 is 0 Å². The predicted octanol–water partition coefficient (Wildman–Crippen LogP) is 10.6. The van der Waals surface area contributed by atoms with Crippen molar-refractivity contribution in [3.63, 3.8) is 0 Å². The van der Waals surface area contributed by atoms with Crippen LogP contribution in [0.1, 0.15) is 115 Å². The highest BCUT2D eigenvalue weighted by Gasteiger charge is 2.43. The first-order valence-corrected chi connectivity index (χ1v) is 20.8. The van der Waals surface area contributed by atoms with Crippen LogP contribution in [0.3, 0.4) is 0 Å². The monoisotopic (exact) mass is 813 g/mol. The zero-order chi connectivity index (χ0) is 42.6. The predicted molar refractivity (Wildman–Crippen MR) is 228 cm³/mol. The van der Waals surface area contributed by atoms with E-state index in [1.54, 1.807) is 72.5 Å². The first-order valence-electron chi connectivity index (χ1n) is 20.8. The van der Waals surface area contributed by atoms with E-state index < -0.39 is 34.7 Å². The van der Waals surface area contributed by atoms with Crippen molar-refractivity contribution >= 4 is 28.8 Å². The highest BCUT2D eigenvalue weighted by atomic mass is 17.1. The summed E-state index contributed by atoms with van der Waals surface area (Å²) in [6.07, 6.45) is 8.84. The van der Waals surface area contributed by atoms with Gasteiger partial charge in [0.05, 0.1) is 23.4 Å². The van der Waals surface area contributed by atoms with E-state index in [1.807, 2.05) is 0 Å². The summed E-state index contributed by atoms with van der Waals surface area (Å²) < 4.78 is 12.0. The van der Waals surface area contributed by atoms with Crippen molar-refractivity contribution < 1.29 is 34.1 Å².